The van der Waals surface area contributed by atoms with Crippen LogP contribution in [-0.4, -0.2) is 32.9 Å². The van der Waals surface area contributed by atoms with Gasteiger partial charge in [-0.05, 0) is 68.2 Å². The van der Waals surface area contributed by atoms with E-state index >= 15 is 0 Å². The number of piperidine rings is 1. The average Bonchev–Trinajstić information content (AvgIpc) is 2.85. The highest BCUT2D eigenvalue weighted by Gasteiger charge is 2.25. The first-order chi connectivity index (χ1) is 16.2. The van der Waals surface area contributed by atoms with Crippen LogP contribution in [0.3, 0.4) is 0 Å². The van der Waals surface area contributed by atoms with Gasteiger partial charge in [-0.2, -0.15) is 0 Å². The molecule has 0 unspecified atom stereocenters. The van der Waals surface area contributed by atoms with Crippen molar-refractivity contribution < 1.29 is 4.39 Å². The van der Waals surface area contributed by atoms with Crippen LogP contribution in [0.4, 0.5) is 4.39 Å². The topological polar surface area (TPSA) is 41.9 Å². The van der Waals surface area contributed by atoms with Gasteiger partial charge in [-0.3, -0.25) is 9.88 Å². The number of benzene rings is 2. The smallest absolute Gasteiger partial charge is 0.159 e. The Morgan fingerprint density at radius 3 is 2.48 bits per heavy atom. The van der Waals surface area contributed by atoms with Crippen LogP contribution in [-0.2, 0) is 6.54 Å². The third-order valence-electron chi connectivity index (χ3n) is 6.36. The first-order valence-corrected chi connectivity index (χ1v) is 11.5. The maximum atomic E-state index is 13.6. The molecule has 5 heteroatoms. The zero-order valence-corrected chi connectivity index (χ0v) is 18.8. The zero-order chi connectivity index (χ0) is 22.6. The molecule has 0 amide bonds. The normalized spacial score (nSPS) is 15.0. The lowest BCUT2D eigenvalue weighted by molar-refractivity contribution is 0.203. The van der Waals surface area contributed by atoms with Crippen molar-refractivity contribution in [3.05, 3.63) is 102 Å². The summed E-state index contributed by atoms with van der Waals surface area (Å²) in [6.07, 6.45) is 7.56. The molecule has 5 rings (SSSR count). The van der Waals surface area contributed by atoms with Crippen molar-refractivity contribution >= 4 is 0 Å². The van der Waals surface area contributed by atoms with Gasteiger partial charge in [0.05, 0.1) is 5.69 Å². The van der Waals surface area contributed by atoms with Crippen LogP contribution in [0.5, 0.6) is 0 Å². The molecule has 4 nitrogen and oxygen atoms in total. The first-order valence-electron chi connectivity index (χ1n) is 11.5. The Morgan fingerprint density at radius 1 is 0.939 bits per heavy atom. The fourth-order valence-electron chi connectivity index (χ4n) is 4.64. The number of halogens is 1. The van der Waals surface area contributed by atoms with Crippen LogP contribution in [0.15, 0.2) is 79.3 Å². The quantitative estimate of drug-likeness (QED) is 0.381. The van der Waals surface area contributed by atoms with Gasteiger partial charge in [0.1, 0.15) is 5.82 Å². The van der Waals surface area contributed by atoms with Crippen molar-refractivity contribution in [1.29, 1.82) is 0 Å². The molecule has 2 aromatic heterocycles. The second kappa shape index (κ2) is 9.59. The van der Waals surface area contributed by atoms with Gasteiger partial charge in [0.2, 0.25) is 0 Å². The number of hydrogen-bond acceptors (Lipinski definition) is 4. The van der Waals surface area contributed by atoms with Gasteiger partial charge in [-0.15, -0.1) is 0 Å². The maximum absolute atomic E-state index is 13.6. The van der Waals surface area contributed by atoms with E-state index in [1.807, 2.05) is 24.4 Å². The molecule has 33 heavy (non-hydrogen) atoms. The minimum Gasteiger partial charge on any atom is -0.299 e. The molecule has 0 atom stereocenters. The fraction of sp³-hybridized carbons (Fsp3) is 0.250. The minimum absolute atomic E-state index is 0.171. The Balaban J connectivity index is 1.42. The summed E-state index contributed by atoms with van der Waals surface area (Å²) in [6.45, 7) is 4.81. The molecular weight excluding hydrogens is 411 g/mol. The molecule has 1 saturated heterocycles. The first kappa shape index (κ1) is 21.4. The predicted molar refractivity (Wildman–Crippen MR) is 129 cm³/mol. The molecule has 0 N–H and O–H groups in total. The van der Waals surface area contributed by atoms with Crippen molar-refractivity contribution in [2.45, 2.75) is 32.2 Å². The molecule has 0 spiro atoms. The van der Waals surface area contributed by atoms with Crippen LogP contribution in [0.2, 0.25) is 0 Å². The highest BCUT2D eigenvalue weighted by atomic mass is 19.1. The fourth-order valence-corrected chi connectivity index (χ4v) is 4.64. The summed E-state index contributed by atoms with van der Waals surface area (Å²) in [5.41, 5.74) is 6.62. The average molecular weight is 439 g/mol. The van der Waals surface area contributed by atoms with E-state index in [1.165, 1.54) is 11.6 Å². The maximum Gasteiger partial charge on any atom is 0.159 e. The van der Waals surface area contributed by atoms with Gasteiger partial charge in [0.25, 0.3) is 0 Å². The summed E-state index contributed by atoms with van der Waals surface area (Å²) in [7, 11) is 0. The Morgan fingerprint density at radius 2 is 1.73 bits per heavy atom. The minimum atomic E-state index is -0.171. The third-order valence-corrected chi connectivity index (χ3v) is 6.36. The van der Waals surface area contributed by atoms with Crippen molar-refractivity contribution in [3.8, 4) is 22.5 Å². The van der Waals surface area contributed by atoms with E-state index in [1.54, 1.807) is 24.5 Å². The Bertz CT molecular complexity index is 1230. The molecule has 1 fully saturated rings. The van der Waals surface area contributed by atoms with Gasteiger partial charge >= 0.3 is 0 Å². The number of hydrogen-bond donors (Lipinski definition) is 0. The van der Waals surface area contributed by atoms with Crippen LogP contribution < -0.4 is 0 Å². The number of aromatic nitrogens is 3. The van der Waals surface area contributed by atoms with Gasteiger partial charge in [-0.1, -0.05) is 42.0 Å². The lowest BCUT2D eigenvalue weighted by Gasteiger charge is -2.32. The molecule has 0 radical (unpaired) electrons. The monoisotopic (exact) mass is 438 g/mol. The lowest BCUT2D eigenvalue weighted by atomic mass is 9.88. The van der Waals surface area contributed by atoms with Gasteiger partial charge in [0.15, 0.2) is 5.82 Å². The molecule has 0 bridgehead atoms. The SMILES string of the molecule is Cc1cccc(-c2cnc(-c3ccncc3)nc2C2CCN(Cc3cccc(F)c3)CC2)c1. The molecule has 166 valence electrons. The summed E-state index contributed by atoms with van der Waals surface area (Å²) in [4.78, 5) is 16.3. The van der Waals surface area contributed by atoms with Crippen molar-refractivity contribution in [2.75, 3.05) is 13.1 Å². The zero-order valence-electron chi connectivity index (χ0n) is 18.8. The Hall–Kier alpha value is -3.44. The van der Waals surface area contributed by atoms with E-state index in [0.29, 0.717) is 5.92 Å². The van der Waals surface area contributed by atoms with E-state index in [9.17, 15) is 4.39 Å². The van der Waals surface area contributed by atoms with Gasteiger partial charge in [0, 0.05) is 42.2 Å². The number of likely N-dealkylation sites (tertiary alicyclic amines) is 1. The van der Waals surface area contributed by atoms with Crippen molar-refractivity contribution in [3.63, 3.8) is 0 Å². The molecule has 0 saturated carbocycles. The van der Waals surface area contributed by atoms with Crippen LogP contribution in [0.1, 0.15) is 35.6 Å². The number of aryl methyl sites for hydroxylation is 1. The van der Waals surface area contributed by atoms with Crippen LogP contribution in [0.25, 0.3) is 22.5 Å². The molecular formula is C28H27FN4. The summed E-state index contributed by atoms with van der Waals surface area (Å²) in [5, 5.41) is 0. The molecule has 2 aromatic carbocycles. The Labute approximate surface area is 194 Å². The number of rotatable bonds is 5. The Kier molecular flexibility index (Phi) is 6.22. The van der Waals surface area contributed by atoms with E-state index in [-0.39, 0.29) is 5.82 Å². The largest absolute Gasteiger partial charge is 0.299 e. The van der Waals surface area contributed by atoms with Gasteiger partial charge < -0.3 is 0 Å². The summed E-state index contributed by atoms with van der Waals surface area (Å²) in [5.74, 6) is 0.925. The summed E-state index contributed by atoms with van der Waals surface area (Å²) < 4.78 is 13.6. The van der Waals surface area contributed by atoms with Crippen LogP contribution >= 0.6 is 0 Å². The second-order valence-electron chi connectivity index (χ2n) is 8.78. The highest BCUT2D eigenvalue weighted by molar-refractivity contribution is 5.68. The number of pyridine rings is 1. The van der Waals surface area contributed by atoms with Gasteiger partial charge in [-0.25, -0.2) is 14.4 Å². The van der Waals surface area contributed by atoms with Crippen LogP contribution in [0, 0.1) is 12.7 Å². The molecule has 4 aromatic rings. The molecule has 3 heterocycles. The van der Waals surface area contributed by atoms with E-state index in [0.717, 1.165) is 66.2 Å². The highest BCUT2D eigenvalue weighted by Crippen LogP contribution is 2.35. The molecule has 1 aliphatic rings. The van der Waals surface area contributed by atoms with E-state index in [4.69, 9.17) is 9.97 Å². The van der Waals surface area contributed by atoms with E-state index in [2.05, 4.69) is 41.1 Å². The second-order valence-corrected chi connectivity index (χ2v) is 8.78. The predicted octanol–water partition coefficient (Wildman–Crippen LogP) is 6.03. The standard InChI is InChI=1S/C28H27FN4/c1-20-4-2-6-24(16-20)26-18-31-28(23-8-12-30-13-9-23)32-27(26)22-10-14-33(15-11-22)19-21-5-3-7-25(29)17-21/h2-9,12-13,16-18,22H,10-11,14-15,19H2,1H3. The van der Waals surface area contributed by atoms with Crippen molar-refractivity contribution in [1.82, 2.24) is 19.9 Å². The van der Waals surface area contributed by atoms with E-state index < -0.39 is 0 Å². The molecule has 0 aliphatic carbocycles. The number of nitrogens with zero attached hydrogens (tertiary/aromatic N) is 4. The molecule has 1 aliphatic heterocycles. The summed E-state index contributed by atoms with van der Waals surface area (Å²) >= 11 is 0. The lowest BCUT2D eigenvalue weighted by Crippen LogP contribution is -2.33. The summed E-state index contributed by atoms with van der Waals surface area (Å²) in [6, 6.07) is 19.4. The van der Waals surface area contributed by atoms with Crippen molar-refractivity contribution in [2.24, 2.45) is 0 Å². The third kappa shape index (κ3) is 4.99.